The quantitative estimate of drug-likeness (QED) is 0.475. The number of hydrogen-bond donors (Lipinski definition) is 0. The van der Waals surface area contributed by atoms with Gasteiger partial charge in [-0.1, -0.05) is 32.9 Å². The Kier molecular flexibility index (Phi) is 8.13. The van der Waals surface area contributed by atoms with Gasteiger partial charge in [-0.25, -0.2) is 8.42 Å². The largest absolute Gasteiger partial charge is 0.468 e. The summed E-state index contributed by atoms with van der Waals surface area (Å²) in [7, 11) is -2.23. The van der Waals surface area contributed by atoms with Gasteiger partial charge in [-0.2, -0.15) is 4.31 Å². The molecule has 0 aliphatic carbocycles. The van der Waals surface area contributed by atoms with Gasteiger partial charge in [-0.3, -0.25) is 9.59 Å². The Morgan fingerprint density at radius 1 is 1.07 bits per heavy atom. The van der Waals surface area contributed by atoms with Gasteiger partial charge in [0.25, 0.3) is 0 Å². The van der Waals surface area contributed by atoms with Crippen molar-refractivity contribution in [1.82, 2.24) is 9.21 Å². The minimum Gasteiger partial charge on any atom is -0.468 e. The van der Waals surface area contributed by atoms with E-state index in [0.717, 1.165) is 5.56 Å². The van der Waals surface area contributed by atoms with E-state index < -0.39 is 10.0 Å². The van der Waals surface area contributed by atoms with Crippen LogP contribution in [0.15, 0.2) is 29.2 Å². The van der Waals surface area contributed by atoms with Gasteiger partial charge in [0, 0.05) is 38.4 Å². The molecule has 1 amide bonds. The van der Waals surface area contributed by atoms with Crippen LogP contribution in [0.2, 0.25) is 0 Å². The summed E-state index contributed by atoms with van der Waals surface area (Å²) >= 11 is 1.35. The minimum absolute atomic E-state index is 0.0195. The Morgan fingerprint density at radius 3 is 2.17 bits per heavy atom. The molecule has 1 aromatic carbocycles. The number of carbonyl (C=O) groups is 2. The molecule has 0 atom stereocenters. The predicted octanol–water partition coefficient (Wildman–Crippen LogP) is 2.11. The highest BCUT2D eigenvalue weighted by atomic mass is 32.2. The van der Waals surface area contributed by atoms with Crippen molar-refractivity contribution in [2.45, 2.75) is 37.5 Å². The molecule has 29 heavy (non-hydrogen) atoms. The normalized spacial score (nSPS) is 15.9. The molecule has 9 heteroatoms. The highest BCUT2D eigenvalue weighted by Gasteiger charge is 2.30. The Hall–Kier alpha value is -1.58. The SMILES string of the molecule is COC(=O)CSCCC(=O)N1CCN(S(=O)(=O)c2ccc(C(C)(C)C)cc2)CC1. The smallest absolute Gasteiger partial charge is 0.315 e. The third-order valence-corrected chi connectivity index (χ3v) is 7.70. The maximum atomic E-state index is 12.9. The van der Waals surface area contributed by atoms with Crippen molar-refractivity contribution < 1.29 is 22.7 Å². The number of methoxy groups -OCH3 is 1. The van der Waals surface area contributed by atoms with Crippen molar-refractivity contribution in [3.05, 3.63) is 29.8 Å². The molecule has 0 bridgehead atoms. The first kappa shape index (κ1) is 23.7. The molecule has 0 saturated carbocycles. The van der Waals surface area contributed by atoms with Crippen LogP contribution in [0.4, 0.5) is 0 Å². The number of rotatable bonds is 7. The summed E-state index contributed by atoms with van der Waals surface area (Å²) in [5.74, 6) is 0.432. The number of esters is 1. The fourth-order valence-corrected chi connectivity index (χ4v) is 5.16. The molecule has 0 aromatic heterocycles. The van der Waals surface area contributed by atoms with Crippen LogP contribution in [-0.2, 0) is 29.8 Å². The van der Waals surface area contributed by atoms with Crippen LogP contribution in [0.3, 0.4) is 0 Å². The van der Waals surface area contributed by atoms with Gasteiger partial charge >= 0.3 is 5.97 Å². The fraction of sp³-hybridized carbons (Fsp3) is 0.600. The number of piperazine rings is 1. The van der Waals surface area contributed by atoms with Crippen molar-refractivity contribution in [2.75, 3.05) is 44.8 Å². The van der Waals surface area contributed by atoms with Crippen molar-refractivity contribution >= 4 is 33.7 Å². The van der Waals surface area contributed by atoms with Crippen LogP contribution in [0.1, 0.15) is 32.8 Å². The van der Waals surface area contributed by atoms with Crippen LogP contribution >= 0.6 is 11.8 Å². The standard InChI is InChI=1S/C20H30N2O5S2/c1-20(2,3)16-5-7-17(8-6-16)29(25,26)22-12-10-21(11-13-22)18(23)9-14-28-15-19(24)27-4/h5-8H,9-15H2,1-4H3. The fourth-order valence-electron chi connectivity index (χ4n) is 2.99. The van der Waals surface area contributed by atoms with Crippen molar-refractivity contribution in [3.8, 4) is 0 Å². The highest BCUT2D eigenvalue weighted by Crippen LogP contribution is 2.25. The van der Waals surface area contributed by atoms with E-state index >= 15 is 0 Å². The molecule has 1 heterocycles. The zero-order chi connectivity index (χ0) is 21.7. The first-order valence-electron chi connectivity index (χ1n) is 9.58. The van der Waals surface area contributed by atoms with E-state index in [1.54, 1.807) is 17.0 Å². The molecule has 0 radical (unpaired) electrons. The lowest BCUT2D eigenvalue weighted by molar-refractivity contribution is -0.137. The van der Waals surface area contributed by atoms with E-state index in [1.807, 2.05) is 12.1 Å². The molecule has 7 nitrogen and oxygen atoms in total. The summed E-state index contributed by atoms with van der Waals surface area (Å²) in [4.78, 5) is 25.3. The van der Waals surface area contributed by atoms with Gasteiger partial charge in [0.05, 0.1) is 17.8 Å². The average molecular weight is 443 g/mol. The highest BCUT2D eigenvalue weighted by molar-refractivity contribution is 7.99. The molecule has 1 aliphatic heterocycles. The number of amides is 1. The Bertz CT molecular complexity index is 808. The molecule has 162 valence electrons. The van der Waals surface area contributed by atoms with Crippen molar-refractivity contribution in [3.63, 3.8) is 0 Å². The van der Waals surface area contributed by atoms with Crippen molar-refractivity contribution in [1.29, 1.82) is 0 Å². The van der Waals surface area contributed by atoms with E-state index in [0.29, 0.717) is 25.3 Å². The third kappa shape index (κ3) is 6.45. The molecule has 1 aromatic rings. The first-order chi connectivity index (χ1) is 13.6. The first-order valence-corrected chi connectivity index (χ1v) is 12.2. The third-order valence-electron chi connectivity index (χ3n) is 4.86. The molecule has 1 fully saturated rings. The average Bonchev–Trinajstić information content (AvgIpc) is 2.70. The summed E-state index contributed by atoms with van der Waals surface area (Å²) in [5.41, 5.74) is 1.04. The Balaban J connectivity index is 1.87. The monoisotopic (exact) mass is 442 g/mol. The topological polar surface area (TPSA) is 84.0 Å². The lowest BCUT2D eigenvalue weighted by Gasteiger charge is -2.34. The van der Waals surface area contributed by atoms with Gasteiger partial charge in [0.1, 0.15) is 0 Å². The minimum atomic E-state index is -3.57. The Morgan fingerprint density at radius 2 is 1.66 bits per heavy atom. The van der Waals surface area contributed by atoms with E-state index in [4.69, 9.17) is 0 Å². The second-order valence-electron chi connectivity index (χ2n) is 7.94. The van der Waals surface area contributed by atoms with Gasteiger partial charge < -0.3 is 9.64 Å². The van der Waals surface area contributed by atoms with Crippen LogP contribution in [0.25, 0.3) is 0 Å². The predicted molar refractivity (Wildman–Crippen MR) is 114 cm³/mol. The maximum absolute atomic E-state index is 12.9. The molecule has 0 spiro atoms. The van der Waals surface area contributed by atoms with Gasteiger partial charge in [0.15, 0.2) is 0 Å². The van der Waals surface area contributed by atoms with Gasteiger partial charge in [-0.15, -0.1) is 11.8 Å². The second kappa shape index (κ2) is 9.95. The lowest BCUT2D eigenvalue weighted by Crippen LogP contribution is -2.50. The summed E-state index contributed by atoms with van der Waals surface area (Å²) in [6, 6.07) is 7.04. The van der Waals surface area contributed by atoms with E-state index in [9.17, 15) is 18.0 Å². The Labute approximate surface area is 177 Å². The molecule has 0 N–H and O–H groups in total. The molecule has 0 unspecified atom stereocenters. The number of benzene rings is 1. The lowest BCUT2D eigenvalue weighted by atomic mass is 9.87. The van der Waals surface area contributed by atoms with Crippen LogP contribution in [0, 0.1) is 0 Å². The second-order valence-corrected chi connectivity index (χ2v) is 11.0. The summed E-state index contributed by atoms with van der Waals surface area (Å²) in [6.07, 6.45) is 0.322. The van der Waals surface area contributed by atoms with Crippen LogP contribution in [0.5, 0.6) is 0 Å². The number of carbonyl (C=O) groups excluding carboxylic acids is 2. The molecule has 2 rings (SSSR count). The molecular formula is C20H30N2O5S2. The van der Waals surface area contributed by atoms with Crippen LogP contribution < -0.4 is 0 Å². The van der Waals surface area contributed by atoms with Crippen molar-refractivity contribution in [2.24, 2.45) is 0 Å². The molecule has 1 saturated heterocycles. The van der Waals surface area contributed by atoms with E-state index in [2.05, 4.69) is 25.5 Å². The zero-order valence-electron chi connectivity index (χ0n) is 17.5. The van der Waals surface area contributed by atoms with Crippen LogP contribution in [-0.4, -0.2) is 74.3 Å². The van der Waals surface area contributed by atoms with E-state index in [1.165, 1.54) is 23.2 Å². The van der Waals surface area contributed by atoms with Gasteiger partial charge in [-0.05, 0) is 23.1 Å². The van der Waals surface area contributed by atoms with E-state index in [-0.39, 0.29) is 41.0 Å². The number of thioether (sulfide) groups is 1. The number of nitrogens with zero attached hydrogens (tertiary/aromatic N) is 2. The number of sulfonamides is 1. The zero-order valence-corrected chi connectivity index (χ0v) is 19.1. The number of ether oxygens (including phenoxy) is 1. The number of hydrogen-bond acceptors (Lipinski definition) is 6. The molecule has 1 aliphatic rings. The molecular weight excluding hydrogens is 412 g/mol. The summed E-state index contributed by atoms with van der Waals surface area (Å²) in [5, 5.41) is 0. The summed E-state index contributed by atoms with van der Waals surface area (Å²) in [6.45, 7) is 7.57. The maximum Gasteiger partial charge on any atom is 0.315 e. The summed E-state index contributed by atoms with van der Waals surface area (Å²) < 4.78 is 31.8. The van der Waals surface area contributed by atoms with Gasteiger partial charge in [0.2, 0.25) is 15.9 Å².